The van der Waals surface area contributed by atoms with Crippen LogP contribution >= 0.6 is 11.3 Å². The fourth-order valence-corrected chi connectivity index (χ4v) is 3.90. The lowest BCUT2D eigenvalue weighted by molar-refractivity contribution is 0.0628. The topological polar surface area (TPSA) is 61.0 Å². The zero-order chi connectivity index (χ0) is 18.1. The van der Waals surface area contributed by atoms with Gasteiger partial charge in [0.15, 0.2) is 0 Å². The van der Waals surface area contributed by atoms with E-state index >= 15 is 0 Å². The molecule has 1 atom stereocenters. The van der Waals surface area contributed by atoms with Crippen molar-refractivity contribution in [2.45, 2.75) is 13.0 Å². The number of rotatable bonds is 3. The SMILES string of the molecule is Cc1nc(-c2c[nH]c(C(=O)N3CCNCC3c3cccc(F)c3)c2)cs1. The van der Waals surface area contributed by atoms with E-state index in [-0.39, 0.29) is 17.8 Å². The van der Waals surface area contributed by atoms with Gasteiger partial charge in [0, 0.05) is 36.8 Å². The summed E-state index contributed by atoms with van der Waals surface area (Å²) in [5.74, 6) is -0.375. The zero-order valence-electron chi connectivity index (χ0n) is 14.3. The highest BCUT2D eigenvalue weighted by molar-refractivity contribution is 7.09. The van der Waals surface area contributed by atoms with Crippen molar-refractivity contribution in [3.05, 3.63) is 64.0 Å². The summed E-state index contributed by atoms with van der Waals surface area (Å²) in [6, 6.07) is 8.09. The Morgan fingerprint density at radius 2 is 2.27 bits per heavy atom. The zero-order valence-corrected chi connectivity index (χ0v) is 15.1. The second kappa shape index (κ2) is 7.01. The molecule has 3 heterocycles. The van der Waals surface area contributed by atoms with Gasteiger partial charge in [-0.15, -0.1) is 11.3 Å². The third kappa shape index (κ3) is 3.27. The molecule has 1 aliphatic rings. The van der Waals surface area contributed by atoms with E-state index in [4.69, 9.17) is 0 Å². The van der Waals surface area contributed by atoms with Gasteiger partial charge >= 0.3 is 0 Å². The van der Waals surface area contributed by atoms with Crippen molar-refractivity contribution in [3.8, 4) is 11.3 Å². The predicted molar refractivity (Wildman–Crippen MR) is 99.7 cm³/mol. The van der Waals surface area contributed by atoms with Gasteiger partial charge in [-0.1, -0.05) is 12.1 Å². The summed E-state index contributed by atoms with van der Waals surface area (Å²) in [7, 11) is 0. The first-order chi connectivity index (χ1) is 12.6. The second-order valence-electron chi connectivity index (χ2n) is 6.33. The lowest BCUT2D eigenvalue weighted by Crippen LogP contribution is -2.48. The standard InChI is InChI=1S/C19H19FN4OS/c1-12-23-17(11-26-12)14-8-16(22-9-14)19(25)24-6-5-21-10-18(24)13-3-2-4-15(20)7-13/h2-4,7-9,11,18,21-22H,5-6,10H2,1H3. The molecule has 0 radical (unpaired) electrons. The van der Waals surface area contributed by atoms with Crippen LogP contribution in [0.4, 0.5) is 4.39 Å². The van der Waals surface area contributed by atoms with Crippen LogP contribution in [0.1, 0.15) is 27.1 Å². The van der Waals surface area contributed by atoms with E-state index in [1.807, 2.05) is 24.4 Å². The molecular weight excluding hydrogens is 351 g/mol. The average molecular weight is 370 g/mol. The predicted octanol–water partition coefficient (Wildman–Crippen LogP) is 3.37. The van der Waals surface area contributed by atoms with Crippen LogP contribution in [0.15, 0.2) is 41.9 Å². The molecule has 2 aromatic heterocycles. The molecule has 0 aliphatic carbocycles. The number of aromatic nitrogens is 2. The van der Waals surface area contributed by atoms with E-state index in [9.17, 15) is 9.18 Å². The number of nitrogens with one attached hydrogen (secondary N) is 2. The maximum absolute atomic E-state index is 13.6. The number of benzene rings is 1. The molecule has 1 saturated heterocycles. The van der Waals surface area contributed by atoms with Gasteiger partial charge in [-0.05, 0) is 30.7 Å². The molecule has 7 heteroatoms. The lowest BCUT2D eigenvalue weighted by atomic mass is 10.0. The molecule has 26 heavy (non-hydrogen) atoms. The molecule has 1 amide bonds. The molecule has 1 aromatic carbocycles. The molecule has 0 spiro atoms. The van der Waals surface area contributed by atoms with Crippen molar-refractivity contribution in [1.29, 1.82) is 0 Å². The Balaban J connectivity index is 1.60. The highest BCUT2D eigenvalue weighted by Crippen LogP contribution is 2.27. The normalized spacial score (nSPS) is 17.5. The highest BCUT2D eigenvalue weighted by atomic mass is 32.1. The molecule has 0 saturated carbocycles. The Hall–Kier alpha value is -2.51. The third-order valence-corrected chi connectivity index (χ3v) is 5.34. The Morgan fingerprint density at radius 3 is 3.04 bits per heavy atom. The second-order valence-corrected chi connectivity index (χ2v) is 7.39. The molecule has 2 N–H and O–H groups in total. The Kier molecular flexibility index (Phi) is 4.57. The Labute approximate surface area is 154 Å². The number of halogens is 1. The van der Waals surface area contributed by atoms with E-state index < -0.39 is 0 Å². The smallest absolute Gasteiger partial charge is 0.270 e. The van der Waals surface area contributed by atoms with Crippen LogP contribution in [-0.2, 0) is 0 Å². The van der Waals surface area contributed by atoms with Crippen LogP contribution in [0, 0.1) is 12.7 Å². The van der Waals surface area contributed by atoms with Crippen LogP contribution < -0.4 is 5.32 Å². The summed E-state index contributed by atoms with van der Waals surface area (Å²) < 4.78 is 13.6. The fourth-order valence-electron chi connectivity index (χ4n) is 3.28. The van der Waals surface area contributed by atoms with Crippen molar-refractivity contribution in [3.63, 3.8) is 0 Å². The fraction of sp³-hybridized carbons (Fsp3) is 0.263. The van der Waals surface area contributed by atoms with Crippen molar-refractivity contribution in [1.82, 2.24) is 20.2 Å². The lowest BCUT2D eigenvalue weighted by Gasteiger charge is -2.36. The van der Waals surface area contributed by atoms with Crippen molar-refractivity contribution in [2.75, 3.05) is 19.6 Å². The Morgan fingerprint density at radius 1 is 1.38 bits per heavy atom. The molecule has 1 aliphatic heterocycles. The maximum Gasteiger partial charge on any atom is 0.270 e. The number of hydrogen-bond donors (Lipinski definition) is 2. The van der Waals surface area contributed by atoms with Gasteiger partial charge in [-0.2, -0.15) is 0 Å². The van der Waals surface area contributed by atoms with Crippen LogP contribution in [0.5, 0.6) is 0 Å². The number of H-pyrrole nitrogens is 1. The van der Waals surface area contributed by atoms with Gasteiger partial charge in [0.2, 0.25) is 0 Å². The molecule has 4 rings (SSSR count). The third-order valence-electron chi connectivity index (χ3n) is 4.57. The van der Waals surface area contributed by atoms with Crippen molar-refractivity contribution in [2.24, 2.45) is 0 Å². The quantitative estimate of drug-likeness (QED) is 0.743. The molecule has 1 fully saturated rings. The van der Waals surface area contributed by atoms with Gasteiger partial charge in [-0.25, -0.2) is 9.37 Å². The minimum Gasteiger partial charge on any atom is -0.357 e. The largest absolute Gasteiger partial charge is 0.357 e. The summed E-state index contributed by atoms with van der Waals surface area (Å²) in [5, 5.41) is 6.26. The number of carbonyl (C=O) groups excluding carboxylic acids is 1. The summed E-state index contributed by atoms with van der Waals surface area (Å²) in [6.45, 7) is 3.85. The minimum atomic E-state index is -0.290. The van der Waals surface area contributed by atoms with Crippen LogP contribution in [0.3, 0.4) is 0 Å². The van der Waals surface area contributed by atoms with E-state index in [1.165, 1.54) is 12.1 Å². The first-order valence-corrected chi connectivity index (χ1v) is 9.38. The molecule has 1 unspecified atom stereocenters. The van der Waals surface area contributed by atoms with Crippen molar-refractivity contribution < 1.29 is 9.18 Å². The molecule has 3 aromatic rings. The Bertz CT molecular complexity index is 935. The molecule has 134 valence electrons. The first-order valence-electron chi connectivity index (χ1n) is 8.50. The minimum absolute atomic E-state index is 0.0843. The monoisotopic (exact) mass is 370 g/mol. The first kappa shape index (κ1) is 16.9. The summed E-state index contributed by atoms with van der Waals surface area (Å²) in [5.41, 5.74) is 3.08. The van der Waals surface area contributed by atoms with E-state index in [0.717, 1.165) is 28.4 Å². The van der Waals surface area contributed by atoms with Gasteiger partial charge < -0.3 is 15.2 Å². The summed E-state index contributed by atoms with van der Waals surface area (Å²) >= 11 is 1.58. The van der Waals surface area contributed by atoms with Gasteiger partial charge in [-0.3, -0.25) is 4.79 Å². The number of aryl methyl sites for hydroxylation is 1. The van der Waals surface area contributed by atoms with Crippen molar-refractivity contribution >= 4 is 17.2 Å². The molecule has 5 nitrogen and oxygen atoms in total. The van der Waals surface area contributed by atoms with E-state index in [0.29, 0.717) is 18.8 Å². The summed E-state index contributed by atoms with van der Waals surface area (Å²) in [6.07, 6.45) is 1.81. The average Bonchev–Trinajstić information content (AvgIpc) is 3.30. The van der Waals surface area contributed by atoms with Crippen LogP contribution in [0.2, 0.25) is 0 Å². The highest BCUT2D eigenvalue weighted by Gasteiger charge is 2.29. The van der Waals surface area contributed by atoms with E-state index in [2.05, 4.69) is 15.3 Å². The number of amides is 1. The molecule has 0 bridgehead atoms. The van der Waals surface area contributed by atoms with Gasteiger partial charge in [0.1, 0.15) is 11.5 Å². The van der Waals surface area contributed by atoms with Gasteiger partial charge in [0.25, 0.3) is 5.91 Å². The number of hydrogen-bond acceptors (Lipinski definition) is 4. The van der Waals surface area contributed by atoms with Crippen LogP contribution in [0.25, 0.3) is 11.3 Å². The maximum atomic E-state index is 13.6. The van der Waals surface area contributed by atoms with Crippen LogP contribution in [-0.4, -0.2) is 40.4 Å². The summed E-state index contributed by atoms with van der Waals surface area (Å²) in [4.78, 5) is 22.4. The van der Waals surface area contributed by atoms with E-state index in [1.54, 1.807) is 28.5 Å². The number of aromatic amines is 1. The van der Waals surface area contributed by atoms with Gasteiger partial charge in [0.05, 0.1) is 16.7 Å². The number of thiazole rings is 1. The molecular formula is C19H19FN4OS. The number of piperazine rings is 1. The number of carbonyl (C=O) groups is 1. The number of nitrogens with zero attached hydrogens (tertiary/aromatic N) is 2.